The molecule has 0 spiro atoms. The molecule has 1 unspecified atom stereocenters. The van der Waals surface area contributed by atoms with Gasteiger partial charge < -0.3 is 9.84 Å². The first-order valence-electron chi connectivity index (χ1n) is 4.89. The molecule has 1 aromatic rings. The molecule has 0 saturated carbocycles. The molecule has 0 radical (unpaired) electrons. The summed E-state index contributed by atoms with van der Waals surface area (Å²) >= 11 is 1.28. The summed E-state index contributed by atoms with van der Waals surface area (Å²) in [6, 6.07) is 0. The summed E-state index contributed by atoms with van der Waals surface area (Å²) in [5, 5.41) is 15.5. The molecule has 5 heteroatoms. The number of aromatic nitrogens is 2. The Labute approximate surface area is 87.1 Å². The fourth-order valence-corrected chi connectivity index (χ4v) is 2.24. The molecule has 1 aliphatic rings. The molecule has 14 heavy (non-hydrogen) atoms. The van der Waals surface area contributed by atoms with Gasteiger partial charge in [0.05, 0.1) is 6.10 Å². The van der Waals surface area contributed by atoms with Crippen LogP contribution in [0.1, 0.15) is 31.1 Å². The fourth-order valence-electron chi connectivity index (χ4n) is 1.74. The Bertz CT molecular complexity index is 260. The van der Waals surface area contributed by atoms with Gasteiger partial charge in [0.15, 0.2) is 0 Å². The standard InChI is InChI=1S/C9H14N2O2S/c12-9(8-6-14-11-10-8)5-7-1-3-13-4-2-7/h6-7,9,12H,1-5H2. The normalized spacial score (nSPS) is 20.9. The van der Waals surface area contributed by atoms with Gasteiger partial charge in [-0.2, -0.15) is 0 Å². The van der Waals surface area contributed by atoms with Crippen LogP contribution >= 0.6 is 11.5 Å². The molecule has 0 bridgehead atoms. The highest BCUT2D eigenvalue weighted by Crippen LogP contribution is 2.26. The van der Waals surface area contributed by atoms with Crippen molar-refractivity contribution in [2.45, 2.75) is 25.4 Å². The molecule has 0 aliphatic carbocycles. The third kappa shape index (κ3) is 2.50. The molecule has 1 N–H and O–H groups in total. The van der Waals surface area contributed by atoms with Crippen LogP contribution in [-0.2, 0) is 4.74 Å². The highest BCUT2D eigenvalue weighted by Gasteiger charge is 2.20. The smallest absolute Gasteiger partial charge is 0.104 e. The number of hydrogen-bond acceptors (Lipinski definition) is 5. The van der Waals surface area contributed by atoms with E-state index in [0.717, 1.165) is 32.5 Å². The first-order valence-corrected chi connectivity index (χ1v) is 5.72. The summed E-state index contributed by atoms with van der Waals surface area (Å²) in [4.78, 5) is 0. The predicted molar refractivity (Wildman–Crippen MR) is 53.0 cm³/mol. The largest absolute Gasteiger partial charge is 0.387 e. The van der Waals surface area contributed by atoms with Crippen LogP contribution in [0.4, 0.5) is 0 Å². The van der Waals surface area contributed by atoms with Gasteiger partial charge in [0.1, 0.15) is 5.69 Å². The van der Waals surface area contributed by atoms with E-state index in [1.807, 2.05) is 5.38 Å². The Hall–Kier alpha value is -0.520. The molecular weight excluding hydrogens is 200 g/mol. The molecule has 1 aromatic heterocycles. The second-order valence-corrected chi connectivity index (χ2v) is 4.25. The zero-order chi connectivity index (χ0) is 9.80. The highest BCUT2D eigenvalue weighted by atomic mass is 32.1. The number of nitrogens with zero attached hydrogens (tertiary/aromatic N) is 2. The summed E-state index contributed by atoms with van der Waals surface area (Å²) < 4.78 is 9.01. The molecule has 1 saturated heterocycles. The van der Waals surface area contributed by atoms with Crippen molar-refractivity contribution in [3.63, 3.8) is 0 Å². The number of ether oxygens (including phenoxy) is 1. The molecule has 78 valence electrons. The van der Waals surface area contributed by atoms with Crippen molar-refractivity contribution in [1.82, 2.24) is 9.59 Å². The van der Waals surface area contributed by atoms with Gasteiger partial charge in [0.25, 0.3) is 0 Å². The first kappa shape index (κ1) is 10.0. The summed E-state index contributed by atoms with van der Waals surface area (Å²) in [6.45, 7) is 1.65. The van der Waals surface area contributed by atoms with Crippen LogP contribution in [0.5, 0.6) is 0 Å². The monoisotopic (exact) mass is 214 g/mol. The van der Waals surface area contributed by atoms with E-state index in [9.17, 15) is 5.11 Å². The number of aliphatic hydroxyl groups is 1. The van der Waals surface area contributed by atoms with E-state index < -0.39 is 6.10 Å². The number of aliphatic hydroxyl groups excluding tert-OH is 1. The molecule has 1 aliphatic heterocycles. The van der Waals surface area contributed by atoms with Gasteiger partial charge in [-0.05, 0) is 36.7 Å². The Balaban J connectivity index is 1.84. The SMILES string of the molecule is OC(CC1CCOCC1)c1csnn1. The average Bonchev–Trinajstić information content (AvgIpc) is 2.72. The third-order valence-electron chi connectivity index (χ3n) is 2.62. The quantitative estimate of drug-likeness (QED) is 0.826. The van der Waals surface area contributed by atoms with E-state index in [-0.39, 0.29) is 0 Å². The van der Waals surface area contributed by atoms with Crippen molar-refractivity contribution in [3.05, 3.63) is 11.1 Å². The molecule has 0 aromatic carbocycles. The van der Waals surface area contributed by atoms with E-state index in [4.69, 9.17) is 4.74 Å². The van der Waals surface area contributed by atoms with Gasteiger partial charge in [0, 0.05) is 18.6 Å². The number of rotatable bonds is 3. The average molecular weight is 214 g/mol. The van der Waals surface area contributed by atoms with Crippen LogP contribution in [0.15, 0.2) is 5.38 Å². The lowest BCUT2D eigenvalue weighted by molar-refractivity contribution is 0.0427. The maximum atomic E-state index is 9.83. The molecular formula is C9H14N2O2S. The van der Waals surface area contributed by atoms with Crippen molar-refractivity contribution in [2.75, 3.05) is 13.2 Å². The maximum Gasteiger partial charge on any atom is 0.104 e. The summed E-state index contributed by atoms with van der Waals surface area (Å²) in [5.41, 5.74) is 0.710. The van der Waals surface area contributed by atoms with Gasteiger partial charge in [-0.3, -0.25) is 0 Å². The van der Waals surface area contributed by atoms with E-state index in [2.05, 4.69) is 9.59 Å². The first-order chi connectivity index (χ1) is 6.86. The number of hydrogen-bond donors (Lipinski definition) is 1. The van der Waals surface area contributed by atoms with E-state index >= 15 is 0 Å². The van der Waals surface area contributed by atoms with Crippen molar-refractivity contribution >= 4 is 11.5 Å². The van der Waals surface area contributed by atoms with Crippen molar-refractivity contribution in [3.8, 4) is 0 Å². The summed E-state index contributed by atoms with van der Waals surface area (Å²) in [7, 11) is 0. The lowest BCUT2D eigenvalue weighted by Crippen LogP contribution is -2.18. The van der Waals surface area contributed by atoms with Crippen LogP contribution in [0, 0.1) is 5.92 Å². The molecule has 2 rings (SSSR count). The van der Waals surface area contributed by atoms with Crippen molar-refractivity contribution in [2.24, 2.45) is 5.92 Å². The van der Waals surface area contributed by atoms with Crippen molar-refractivity contribution < 1.29 is 9.84 Å². The molecule has 2 heterocycles. The Morgan fingerprint density at radius 2 is 2.36 bits per heavy atom. The van der Waals surface area contributed by atoms with Gasteiger partial charge in [-0.25, -0.2) is 0 Å². The van der Waals surface area contributed by atoms with Crippen LogP contribution in [-0.4, -0.2) is 27.9 Å². The van der Waals surface area contributed by atoms with Crippen LogP contribution in [0.2, 0.25) is 0 Å². The second kappa shape index (κ2) is 4.82. The van der Waals surface area contributed by atoms with E-state index in [1.54, 1.807) is 0 Å². The second-order valence-electron chi connectivity index (χ2n) is 3.64. The third-order valence-corrected chi connectivity index (χ3v) is 3.14. The van der Waals surface area contributed by atoms with Crippen molar-refractivity contribution in [1.29, 1.82) is 0 Å². The molecule has 0 amide bonds. The highest BCUT2D eigenvalue weighted by molar-refractivity contribution is 7.03. The van der Waals surface area contributed by atoms with Gasteiger partial charge in [-0.15, -0.1) is 5.10 Å². The Morgan fingerprint density at radius 1 is 1.57 bits per heavy atom. The summed E-state index contributed by atoms with van der Waals surface area (Å²) in [5.74, 6) is 0.570. The van der Waals surface area contributed by atoms with E-state index in [1.165, 1.54) is 11.5 Å². The zero-order valence-electron chi connectivity index (χ0n) is 7.93. The lowest BCUT2D eigenvalue weighted by Gasteiger charge is -2.23. The minimum Gasteiger partial charge on any atom is -0.387 e. The molecule has 1 fully saturated rings. The van der Waals surface area contributed by atoms with Crippen LogP contribution in [0.3, 0.4) is 0 Å². The van der Waals surface area contributed by atoms with Crippen LogP contribution in [0.25, 0.3) is 0 Å². The summed E-state index contributed by atoms with van der Waals surface area (Å²) in [6.07, 6.45) is 2.44. The Morgan fingerprint density at radius 3 is 3.00 bits per heavy atom. The maximum absolute atomic E-state index is 9.83. The topological polar surface area (TPSA) is 55.2 Å². The molecule has 1 atom stereocenters. The van der Waals surface area contributed by atoms with Gasteiger partial charge in [0.2, 0.25) is 0 Å². The molecule has 4 nitrogen and oxygen atoms in total. The minimum atomic E-state index is -0.447. The fraction of sp³-hybridized carbons (Fsp3) is 0.778. The lowest BCUT2D eigenvalue weighted by atomic mass is 9.93. The van der Waals surface area contributed by atoms with Gasteiger partial charge in [-0.1, -0.05) is 4.49 Å². The minimum absolute atomic E-state index is 0.447. The van der Waals surface area contributed by atoms with Crippen LogP contribution < -0.4 is 0 Å². The zero-order valence-corrected chi connectivity index (χ0v) is 8.74. The van der Waals surface area contributed by atoms with E-state index in [0.29, 0.717) is 11.6 Å². The van der Waals surface area contributed by atoms with Gasteiger partial charge >= 0.3 is 0 Å². The Kier molecular flexibility index (Phi) is 3.44. The predicted octanol–water partition coefficient (Wildman–Crippen LogP) is 1.39.